The molecule has 0 aliphatic carbocycles. The Morgan fingerprint density at radius 1 is 1.31 bits per heavy atom. The maximum Gasteiger partial charge on any atom is 0.119 e. The first-order valence-corrected chi connectivity index (χ1v) is 5.18. The fourth-order valence-corrected chi connectivity index (χ4v) is 1.51. The van der Waals surface area contributed by atoms with E-state index in [0.29, 0.717) is 5.75 Å². The predicted octanol–water partition coefficient (Wildman–Crippen LogP) is 0.966. The molecule has 0 heterocycles. The van der Waals surface area contributed by atoms with Gasteiger partial charge >= 0.3 is 0 Å². The van der Waals surface area contributed by atoms with Crippen molar-refractivity contribution in [2.24, 2.45) is 0 Å². The minimum Gasteiger partial charge on any atom is -0.491 e. The molecule has 0 aromatic heterocycles. The Kier molecular flexibility index (Phi) is 4.73. The van der Waals surface area contributed by atoms with Gasteiger partial charge in [-0.25, -0.2) is 5.11 Å². The highest BCUT2D eigenvalue weighted by atomic mass is 16.5. The topological polar surface area (TPSA) is 69.6 Å². The van der Waals surface area contributed by atoms with Crippen molar-refractivity contribution in [1.29, 1.82) is 0 Å². The third kappa shape index (κ3) is 3.20. The number of aryl methyl sites for hydroxylation is 2. The number of aliphatic hydroxyl groups is 2. The van der Waals surface area contributed by atoms with E-state index in [2.05, 4.69) is 0 Å². The fraction of sp³-hybridized carbons (Fsp3) is 0.500. The summed E-state index contributed by atoms with van der Waals surface area (Å²) in [6.07, 6.45) is -0.875. The maximum atomic E-state index is 10.9. The molecule has 0 aliphatic rings. The Bertz CT molecular complexity index is 326. The second-order valence-electron chi connectivity index (χ2n) is 3.83. The van der Waals surface area contributed by atoms with Crippen LogP contribution >= 0.6 is 0 Å². The summed E-state index contributed by atoms with van der Waals surface area (Å²) in [4.78, 5) is 0. The maximum absolute atomic E-state index is 10.9. The molecule has 89 valence electrons. The van der Waals surface area contributed by atoms with Gasteiger partial charge in [0.2, 0.25) is 0 Å². The zero-order valence-corrected chi connectivity index (χ0v) is 9.56. The molecule has 0 aliphatic heterocycles. The minimum absolute atomic E-state index is 0.0477. The predicted molar refractivity (Wildman–Crippen MR) is 58.9 cm³/mol. The van der Waals surface area contributed by atoms with Gasteiger partial charge in [0.15, 0.2) is 0 Å². The molecule has 0 amide bonds. The van der Waals surface area contributed by atoms with E-state index in [-0.39, 0.29) is 19.8 Å². The lowest BCUT2D eigenvalue weighted by Crippen LogP contribution is -2.21. The fourth-order valence-electron chi connectivity index (χ4n) is 1.51. The average molecular weight is 225 g/mol. The zero-order valence-electron chi connectivity index (χ0n) is 9.56. The monoisotopic (exact) mass is 225 g/mol. The summed E-state index contributed by atoms with van der Waals surface area (Å²) in [7, 11) is 0. The van der Waals surface area contributed by atoms with Crippen LogP contribution < -0.4 is 4.74 Å². The Balaban J connectivity index is 2.76. The third-order valence-electron chi connectivity index (χ3n) is 2.47. The van der Waals surface area contributed by atoms with Crippen molar-refractivity contribution in [3.63, 3.8) is 0 Å². The van der Waals surface area contributed by atoms with Crippen LogP contribution in [0.5, 0.6) is 5.75 Å². The number of ether oxygens (including phenoxy) is 1. The first-order chi connectivity index (χ1) is 7.58. The summed E-state index contributed by atoms with van der Waals surface area (Å²) in [6.45, 7) is 3.20. The molecule has 1 aromatic carbocycles. The summed E-state index contributed by atoms with van der Waals surface area (Å²) in [5, 5.41) is 28.6. The van der Waals surface area contributed by atoms with E-state index < -0.39 is 6.10 Å². The lowest BCUT2D eigenvalue weighted by Gasteiger charge is -2.13. The lowest BCUT2D eigenvalue weighted by atomic mass is 10.0. The van der Waals surface area contributed by atoms with Crippen molar-refractivity contribution >= 4 is 0 Å². The SMILES string of the molecule is Cc1cc(OCC(O)CO)cc(C)c1C[O]. The Morgan fingerprint density at radius 2 is 1.88 bits per heavy atom. The van der Waals surface area contributed by atoms with E-state index in [0.717, 1.165) is 16.7 Å². The second kappa shape index (κ2) is 5.84. The van der Waals surface area contributed by atoms with Crippen molar-refractivity contribution in [3.05, 3.63) is 28.8 Å². The molecule has 16 heavy (non-hydrogen) atoms. The van der Waals surface area contributed by atoms with Gasteiger partial charge in [-0.1, -0.05) is 0 Å². The Labute approximate surface area is 95.1 Å². The van der Waals surface area contributed by atoms with Crippen LogP contribution in [0.3, 0.4) is 0 Å². The van der Waals surface area contributed by atoms with Gasteiger partial charge < -0.3 is 14.9 Å². The van der Waals surface area contributed by atoms with Gasteiger partial charge in [-0.05, 0) is 42.7 Å². The molecule has 1 unspecified atom stereocenters. The van der Waals surface area contributed by atoms with Crippen molar-refractivity contribution in [3.8, 4) is 5.75 Å². The van der Waals surface area contributed by atoms with Crippen LogP contribution in [0.1, 0.15) is 16.7 Å². The number of benzene rings is 1. The van der Waals surface area contributed by atoms with Crippen molar-refractivity contribution < 1.29 is 20.1 Å². The highest BCUT2D eigenvalue weighted by molar-refractivity contribution is 5.40. The van der Waals surface area contributed by atoms with Crippen molar-refractivity contribution in [1.82, 2.24) is 0 Å². The highest BCUT2D eigenvalue weighted by Gasteiger charge is 2.07. The van der Waals surface area contributed by atoms with Gasteiger partial charge in [0.1, 0.15) is 25.1 Å². The van der Waals surface area contributed by atoms with Crippen molar-refractivity contribution in [2.75, 3.05) is 13.2 Å². The lowest BCUT2D eigenvalue weighted by molar-refractivity contribution is 0.0535. The van der Waals surface area contributed by atoms with Crippen molar-refractivity contribution in [2.45, 2.75) is 26.6 Å². The van der Waals surface area contributed by atoms with Gasteiger partial charge in [0.05, 0.1) is 6.61 Å². The van der Waals surface area contributed by atoms with Gasteiger partial charge in [0, 0.05) is 0 Å². The molecular formula is C12H17O4. The van der Waals surface area contributed by atoms with Crippen LogP contribution in [0.15, 0.2) is 12.1 Å². The van der Waals surface area contributed by atoms with Crippen LogP contribution in [-0.2, 0) is 11.7 Å². The summed E-state index contributed by atoms with van der Waals surface area (Å²) >= 11 is 0. The van der Waals surface area contributed by atoms with E-state index in [4.69, 9.17) is 14.9 Å². The van der Waals surface area contributed by atoms with Crippen LogP contribution in [0.4, 0.5) is 0 Å². The number of hydrogen-bond acceptors (Lipinski definition) is 3. The van der Waals surface area contributed by atoms with E-state index >= 15 is 0 Å². The molecule has 4 heteroatoms. The first-order valence-electron chi connectivity index (χ1n) is 5.18. The van der Waals surface area contributed by atoms with E-state index in [1.165, 1.54) is 0 Å². The third-order valence-corrected chi connectivity index (χ3v) is 2.47. The molecule has 0 saturated carbocycles. The van der Waals surface area contributed by atoms with Crippen LogP contribution in [0.2, 0.25) is 0 Å². The molecule has 1 radical (unpaired) electrons. The molecule has 0 fully saturated rings. The normalized spacial score (nSPS) is 12.6. The zero-order chi connectivity index (χ0) is 12.1. The van der Waals surface area contributed by atoms with Crippen LogP contribution in [0, 0.1) is 13.8 Å². The molecule has 1 rings (SSSR count). The average Bonchev–Trinajstić information content (AvgIpc) is 2.25. The van der Waals surface area contributed by atoms with Gasteiger partial charge in [-0.2, -0.15) is 0 Å². The largest absolute Gasteiger partial charge is 0.491 e. The summed E-state index contributed by atoms with van der Waals surface area (Å²) < 4.78 is 5.31. The molecule has 1 aromatic rings. The molecule has 1 atom stereocenters. The Hall–Kier alpha value is -1.10. The van der Waals surface area contributed by atoms with Gasteiger partial charge in [-0.15, -0.1) is 0 Å². The molecular weight excluding hydrogens is 208 g/mol. The number of rotatable bonds is 5. The molecule has 0 spiro atoms. The van der Waals surface area contributed by atoms with E-state index in [9.17, 15) is 5.11 Å². The number of aliphatic hydroxyl groups excluding tert-OH is 2. The minimum atomic E-state index is -0.875. The smallest absolute Gasteiger partial charge is 0.119 e. The first kappa shape index (κ1) is 13.0. The van der Waals surface area contributed by atoms with Crippen LogP contribution in [0.25, 0.3) is 0 Å². The molecule has 4 nitrogen and oxygen atoms in total. The standard InChI is InChI=1S/C12H17O4/c1-8-3-11(16-7-10(15)5-13)4-9(2)12(8)6-14/h3-4,10,13,15H,5-7H2,1-2H3. The Morgan fingerprint density at radius 3 is 2.31 bits per heavy atom. The second-order valence-corrected chi connectivity index (χ2v) is 3.83. The summed E-state index contributed by atoms with van der Waals surface area (Å²) in [5.41, 5.74) is 2.57. The van der Waals surface area contributed by atoms with E-state index in [1.807, 2.05) is 13.8 Å². The summed E-state index contributed by atoms with van der Waals surface area (Å²) in [5.74, 6) is 0.611. The number of hydrogen-bond donors (Lipinski definition) is 2. The van der Waals surface area contributed by atoms with Gasteiger partial charge in [0.25, 0.3) is 0 Å². The highest BCUT2D eigenvalue weighted by Crippen LogP contribution is 2.22. The van der Waals surface area contributed by atoms with E-state index in [1.54, 1.807) is 12.1 Å². The molecule has 2 N–H and O–H groups in total. The van der Waals surface area contributed by atoms with Gasteiger partial charge in [-0.3, -0.25) is 0 Å². The molecule has 0 bridgehead atoms. The van der Waals surface area contributed by atoms with Crippen LogP contribution in [-0.4, -0.2) is 29.5 Å². The molecule has 0 saturated heterocycles. The quantitative estimate of drug-likeness (QED) is 0.784. The summed E-state index contributed by atoms with van der Waals surface area (Å²) in [6, 6.07) is 3.54.